The van der Waals surface area contributed by atoms with Gasteiger partial charge in [-0.2, -0.15) is 0 Å². The first-order valence-corrected chi connectivity index (χ1v) is 1.21. The summed E-state index contributed by atoms with van der Waals surface area (Å²) in [4.78, 5) is 0. The Hall–Kier alpha value is 0.272. The molecule has 0 aliphatic carbocycles. The van der Waals surface area contributed by atoms with Gasteiger partial charge in [0.05, 0.1) is 0 Å². The third kappa shape index (κ3) is 297. The minimum absolute atomic E-state index is 0. The number of rotatable bonds is 0. The second-order valence-corrected chi connectivity index (χ2v) is 0.957. The molecule has 0 fully saturated rings. The van der Waals surface area contributed by atoms with Crippen molar-refractivity contribution < 1.29 is 20.4 Å². The fourth-order valence-electron chi connectivity index (χ4n) is 0. The molecule has 0 spiro atoms. The Morgan fingerprint density at radius 3 is 1.80 bits per heavy atom. The summed E-state index contributed by atoms with van der Waals surface area (Å²) in [6, 6.07) is 0. The fraction of sp³-hybridized carbons (Fsp3) is 0.250. The summed E-state index contributed by atoms with van der Waals surface area (Å²) in [5, 5.41) is 0. The summed E-state index contributed by atoms with van der Waals surface area (Å²) in [5.41, 5.74) is 0.917. The standard InChI is InChI=1S/C4H7.Pd/c1-4(2)3;/h1-2H2,3H3;/q-1;. The molecular weight excluding hydrogens is 154 g/mol. The Labute approximate surface area is 46.9 Å². The zero-order valence-corrected chi connectivity index (χ0v) is 4.79. The predicted molar refractivity (Wildman–Crippen MR) is 20.2 cm³/mol. The van der Waals surface area contributed by atoms with Gasteiger partial charge in [-0.3, -0.25) is 0 Å². The summed E-state index contributed by atoms with van der Waals surface area (Å²) in [5.74, 6) is 0. The van der Waals surface area contributed by atoms with Crippen molar-refractivity contribution in [3.63, 3.8) is 0 Å². The average molecular weight is 162 g/mol. The van der Waals surface area contributed by atoms with Gasteiger partial charge in [0.1, 0.15) is 0 Å². The van der Waals surface area contributed by atoms with E-state index in [4.69, 9.17) is 0 Å². The maximum absolute atomic E-state index is 3.44. The van der Waals surface area contributed by atoms with Crippen LogP contribution in [0.1, 0.15) is 6.92 Å². The van der Waals surface area contributed by atoms with E-state index in [0.717, 1.165) is 5.57 Å². The topological polar surface area (TPSA) is 0 Å². The van der Waals surface area contributed by atoms with E-state index >= 15 is 0 Å². The van der Waals surface area contributed by atoms with E-state index in [1.807, 2.05) is 6.92 Å². The molecule has 0 nitrogen and oxygen atoms in total. The maximum atomic E-state index is 3.44. The van der Waals surface area contributed by atoms with Crippen LogP contribution in [0.4, 0.5) is 0 Å². The minimum atomic E-state index is 0. The van der Waals surface area contributed by atoms with Gasteiger partial charge in [0.25, 0.3) is 0 Å². The fourth-order valence-corrected chi connectivity index (χ4v) is 0. The first-order valence-electron chi connectivity index (χ1n) is 1.21. The summed E-state index contributed by atoms with van der Waals surface area (Å²) < 4.78 is 0. The Kier molecular flexibility index (Phi) is 7.68. The van der Waals surface area contributed by atoms with Gasteiger partial charge in [-0.1, -0.05) is 6.92 Å². The van der Waals surface area contributed by atoms with E-state index in [9.17, 15) is 0 Å². The van der Waals surface area contributed by atoms with E-state index in [1.165, 1.54) is 0 Å². The first-order chi connectivity index (χ1) is 1.73. The van der Waals surface area contributed by atoms with E-state index in [-0.39, 0.29) is 20.4 Å². The van der Waals surface area contributed by atoms with Crippen molar-refractivity contribution in [2.45, 2.75) is 6.92 Å². The average Bonchev–Trinajstić information content (AvgIpc) is 0.811. The molecule has 0 aromatic carbocycles. The quantitative estimate of drug-likeness (QED) is 0.372. The monoisotopic (exact) mass is 161 g/mol. The normalized spacial score (nSPS) is 5.00. The van der Waals surface area contributed by atoms with Gasteiger partial charge < -0.3 is 0 Å². The zero-order valence-electron chi connectivity index (χ0n) is 3.23. The van der Waals surface area contributed by atoms with Gasteiger partial charge in [-0.15, -0.1) is 0 Å². The van der Waals surface area contributed by atoms with Gasteiger partial charge in [-0.25, -0.2) is 19.1 Å². The molecule has 0 aliphatic heterocycles. The van der Waals surface area contributed by atoms with Crippen LogP contribution in [0, 0.1) is 6.92 Å². The van der Waals surface area contributed by atoms with Crippen LogP contribution in [0.3, 0.4) is 0 Å². The zero-order chi connectivity index (χ0) is 3.58. The van der Waals surface area contributed by atoms with Crippen LogP contribution in [0.15, 0.2) is 12.2 Å². The molecule has 0 saturated heterocycles. The van der Waals surface area contributed by atoms with E-state index in [2.05, 4.69) is 13.5 Å². The first kappa shape index (κ1) is 8.99. The van der Waals surface area contributed by atoms with Crippen molar-refractivity contribution >= 4 is 0 Å². The summed E-state index contributed by atoms with van der Waals surface area (Å²) in [7, 11) is 0. The second-order valence-electron chi connectivity index (χ2n) is 0.957. The molecule has 0 radical (unpaired) electrons. The predicted octanol–water partition coefficient (Wildman–Crippen LogP) is 1.39. The molecule has 0 bridgehead atoms. The third-order valence-electron chi connectivity index (χ3n) is 0. The molecule has 0 aromatic rings. The number of hydrogen-bond acceptors (Lipinski definition) is 0. The van der Waals surface area contributed by atoms with Crippen LogP contribution in [0.25, 0.3) is 0 Å². The van der Waals surface area contributed by atoms with Gasteiger partial charge in [0.2, 0.25) is 0 Å². The van der Waals surface area contributed by atoms with Crippen molar-refractivity contribution in [2.24, 2.45) is 0 Å². The molecule has 0 saturated carbocycles. The molecule has 0 heterocycles. The van der Waals surface area contributed by atoms with Crippen LogP contribution in [-0.4, -0.2) is 0 Å². The number of allylic oxidation sites excluding steroid dienone is 1. The van der Waals surface area contributed by atoms with Gasteiger partial charge >= 0.3 is 0 Å². The SMILES string of the molecule is C=C([CH2-])C.[Pd]. The molecule has 34 valence electrons. The van der Waals surface area contributed by atoms with Crippen LogP contribution in [-0.2, 0) is 20.4 Å². The van der Waals surface area contributed by atoms with Gasteiger partial charge in [0, 0.05) is 20.4 Å². The molecule has 0 aromatic heterocycles. The molecule has 0 aliphatic rings. The summed E-state index contributed by atoms with van der Waals surface area (Å²) in [6.45, 7) is 8.75. The Bertz CT molecular complexity index is 26.6. The largest absolute Gasteiger partial charge is 0.242 e. The molecule has 1 heteroatoms. The van der Waals surface area contributed by atoms with Crippen LogP contribution in [0.5, 0.6) is 0 Å². The summed E-state index contributed by atoms with van der Waals surface area (Å²) >= 11 is 0. The van der Waals surface area contributed by atoms with Crippen LogP contribution < -0.4 is 0 Å². The third-order valence-corrected chi connectivity index (χ3v) is 0. The Balaban J connectivity index is 0. The number of hydrogen-bond donors (Lipinski definition) is 0. The Morgan fingerprint density at radius 1 is 1.80 bits per heavy atom. The van der Waals surface area contributed by atoms with Gasteiger partial charge in [-0.05, 0) is 0 Å². The van der Waals surface area contributed by atoms with Crippen LogP contribution >= 0.6 is 0 Å². The molecule has 0 rings (SSSR count). The smallest absolute Gasteiger partial charge is 0 e. The van der Waals surface area contributed by atoms with Crippen molar-refractivity contribution in [1.82, 2.24) is 0 Å². The van der Waals surface area contributed by atoms with E-state index in [0.29, 0.717) is 0 Å². The van der Waals surface area contributed by atoms with E-state index in [1.54, 1.807) is 0 Å². The minimum Gasteiger partial charge on any atom is -0.242 e. The summed E-state index contributed by atoms with van der Waals surface area (Å²) in [6.07, 6.45) is 0. The van der Waals surface area contributed by atoms with Crippen LogP contribution in [0.2, 0.25) is 0 Å². The van der Waals surface area contributed by atoms with Gasteiger partial charge in [0.15, 0.2) is 0 Å². The van der Waals surface area contributed by atoms with E-state index < -0.39 is 0 Å². The molecular formula is C4H7Pd-. The van der Waals surface area contributed by atoms with Crippen molar-refractivity contribution in [3.05, 3.63) is 19.1 Å². The van der Waals surface area contributed by atoms with Crippen molar-refractivity contribution in [2.75, 3.05) is 0 Å². The molecule has 0 unspecified atom stereocenters. The second kappa shape index (κ2) is 4.27. The molecule has 5 heavy (non-hydrogen) atoms. The molecule has 0 amide bonds. The maximum Gasteiger partial charge on any atom is 0 e. The molecule has 0 N–H and O–H groups in total. The molecule has 0 atom stereocenters. The van der Waals surface area contributed by atoms with Crippen molar-refractivity contribution in [1.29, 1.82) is 0 Å². The van der Waals surface area contributed by atoms with Crippen molar-refractivity contribution in [3.8, 4) is 0 Å². The Morgan fingerprint density at radius 2 is 1.80 bits per heavy atom.